The van der Waals surface area contributed by atoms with Crippen molar-refractivity contribution in [1.82, 2.24) is 0 Å². The Morgan fingerprint density at radius 3 is 2.75 bits per heavy atom. The lowest BCUT2D eigenvalue weighted by Crippen LogP contribution is -2.11. The second-order valence-corrected chi connectivity index (χ2v) is 5.80. The standard InChI is InChI=1S/C15H10BrClFNO/c16-9-1-3-12(17)11(7-9)15(19)14-6-8-5-10(18)2-4-13(8)20-14/h1-7,15H,19H2. The molecule has 2 aromatic carbocycles. The largest absolute Gasteiger partial charge is 0.459 e. The van der Waals surface area contributed by atoms with Crippen LogP contribution in [0, 0.1) is 5.82 Å². The lowest BCUT2D eigenvalue weighted by atomic mass is 10.1. The summed E-state index contributed by atoms with van der Waals surface area (Å²) in [6.45, 7) is 0. The van der Waals surface area contributed by atoms with Gasteiger partial charge in [-0.25, -0.2) is 4.39 Å². The summed E-state index contributed by atoms with van der Waals surface area (Å²) in [5, 5.41) is 1.24. The molecule has 0 aliphatic carbocycles. The predicted molar refractivity (Wildman–Crippen MR) is 81.4 cm³/mol. The van der Waals surface area contributed by atoms with Gasteiger partial charge in [0.15, 0.2) is 0 Å². The Morgan fingerprint density at radius 1 is 1.15 bits per heavy atom. The molecular weight excluding hydrogens is 345 g/mol. The van der Waals surface area contributed by atoms with Gasteiger partial charge in [0, 0.05) is 14.9 Å². The smallest absolute Gasteiger partial charge is 0.134 e. The molecule has 0 amide bonds. The van der Waals surface area contributed by atoms with E-state index in [4.69, 9.17) is 21.8 Å². The summed E-state index contributed by atoms with van der Waals surface area (Å²) in [6.07, 6.45) is 0. The monoisotopic (exact) mass is 353 g/mol. The highest BCUT2D eigenvalue weighted by molar-refractivity contribution is 9.10. The van der Waals surface area contributed by atoms with Crippen LogP contribution in [-0.2, 0) is 0 Å². The lowest BCUT2D eigenvalue weighted by molar-refractivity contribution is 0.524. The first-order valence-electron chi connectivity index (χ1n) is 5.94. The van der Waals surface area contributed by atoms with Crippen LogP contribution in [0.1, 0.15) is 17.4 Å². The van der Waals surface area contributed by atoms with Crippen molar-refractivity contribution in [2.45, 2.75) is 6.04 Å². The third kappa shape index (κ3) is 2.46. The van der Waals surface area contributed by atoms with E-state index in [1.165, 1.54) is 12.1 Å². The molecule has 1 heterocycles. The summed E-state index contributed by atoms with van der Waals surface area (Å²) in [6, 6.07) is 11.0. The van der Waals surface area contributed by atoms with Crippen LogP contribution in [0.4, 0.5) is 4.39 Å². The minimum absolute atomic E-state index is 0.307. The first-order chi connectivity index (χ1) is 9.54. The first-order valence-corrected chi connectivity index (χ1v) is 7.11. The molecule has 0 fully saturated rings. The molecule has 0 spiro atoms. The Hall–Kier alpha value is -1.36. The maximum absolute atomic E-state index is 13.2. The average molecular weight is 355 g/mol. The third-order valence-corrected chi connectivity index (χ3v) is 3.93. The molecule has 2 nitrogen and oxygen atoms in total. The molecule has 3 aromatic rings. The van der Waals surface area contributed by atoms with E-state index in [-0.39, 0.29) is 5.82 Å². The van der Waals surface area contributed by atoms with Crippen LogP contribution in [0.3, 0.4) is 0 Å². The minimum Gasteiger partial charge on any atom is -0.459 e. The quantitative estimate of drug-likeness (QED) is 0.700. The van der Waals surface area contributed by atoms with E-state index in [2.05, 4.69) is 15.9 Å². The fourth-order valence-electron chi connectivity index (χ4n) is 2.09. The van der Waals surface area contributed by atoms with Gasteiger partial charge >= 0.3 is 0 Å². The summed E-state index contributed by atoms with van der Waals surface area (Å²) in [5.41, 5.74) is 7.55. The van der Waals surface area contributed by atoms with Crippen molar-refractivity contribution in [3.05, 3.63) is 69.1 Å². The van der Waals surface area contributed by atoms with Crippen molar-refractivity contribution in [3.63, 3.8) is 0 Å². The van der Waals surface area contributed by atoms with Crippen LogP contribution < -0.4 is 5.73 Å². The normalized spacial score (nSPS) is 12.8. The Kier molecular flexibility index (Phi) is 3.54. The molecule has 0 aliphatic rings. The van der Waals surface area contributed by atoms with E-state index in [1.54, 1.807) is 18.2 Å². The first kappa shape index (κ1) is 13.6. The molecule has 3 rings (SSSR count). The van der Waals surface area contributed by atoms with Crippen LogP contribution in [0.25, 0.3) is 11.0 Å². The van der Waals surface area contributed by atoms with Crippen molar-refractivity contribution in [1.29, 1.82) is 0 Å². The molecule has 1 aromatic heterocycles. The van der Waals surface area contributed by atoms with Gasteiger partial charge in [-0.15, -0.1) is 0 Å². The van der Waals surface area contributed by atoms with Gasteiger partial charge in [0.1, 0.15) is 17.2 Å². The van der Waals surface area contributed by atoms with Crippen LogP contribution in [0.2, 0.25) is 5.02 Å². The molecule has 0 saturated carbocycles. The molecule has 0 bridgehead atoms. The highest BCUT2D eigenvalue weighted by atomic mass is 79.9. The van der Waals surface area contributed by atoms with Crippen LogP contribution in [0.15, 0.2) is 51.4 Å². The van der Waals surface area contributed by atoms with Crippen molar-refractivity contribution in [2.75, 3.05) is 0 Å². The molecule has 2 N–H and O–H groups in total. The van der Waals surface area contributed by atoms with E-state index in [0.717, 1.165) is 10.0 Å². The second-order valence-electron chi connectivity index (χ2n) is 4.47. The third-order valence-electron chi connectivity index (χ3n) is 3.10. The van der Waals surface area contributed by atoms with Gasteiger partial charge in [0.25, 0.3) is 0 Å². The van der Waals surface area contributed by atoms with Gasteiger partial charge in [0.2, 0.25) is 0 Å². The van der Waals surface area contributed by atoms with Crippen LogP contribution in [-0.4, -0.2) is 0 Å². The lowest BCUT2D eigenvalue weighted by Gasteiger charge is -2.11. The van der Waals surface area contributed by atoms with Gasteiger partial charge in [-0.3, -0.25) is 0 Å². The number of hydrogen-bond acceptors (Lipinski definition) is 2. The zero-order chi connectivity index (χ0) is 14.3. The number of benzene rings is 2. The summed E-state index contributed by atoms with van der Waals surface area (Å²) in [4.78, 5) is 0. The second kappa shape index (κ2) is 5.20. The average Bonchev–Trinajstić information content (AvgIpc) is 2.83. The maximum Gasteiger partial charge on any atom is 0.134 e. The molecule has 20 heavy (non-hydrogen) atoms. The number of nitrogens with two attached hydrogens (primary N) is 1. The molecule has 0 saturated heterocycles. The fourth-order valence-corrected chi connectivity index (χ4v) is 2.71. The van der Waals surface area contributed by atoms with Crippen molar-refractivity contribution in [2.24, 2.45) is 5.73 Å². The molecule has 1 unspecified atom stereocenters. The number of rotatable bonds is 2. The minimum atomic E-state index is -0.504. The number of furan rings is 1. The topological polar surface area (TPSA) is 39.2 Å². The zero-order valence-corrected chi connectivity index (χ0v) is 12.6. The highest BCUT2D eigenvalue weighted by Crippen LogP contribution is 2.32. The summed E-state index contributed by atoms with van der Waals surface area (Å²) >= 11 is 9.55. The zero-order valence-electron chi connectivity index (χ0n) is 10.2. The van der Waals surface area contributed by atoms with E-state index >= 15 is 0 Å². The van der Waals surface area contributed by atoms with Crippen molar-refractivity contribution in [3.8, 4) is 0 Å². The van der Waals surface area contributed by atoms with E-state index in [9.17, 15) is 4.39 Å². The molecule has 1 atom stereocenters. The van der Waals surface area contributed by atoms with Gasteiger partial charge in [-0.05, 0) is 48.0 Å². The molecule has 0 aliphatic heterocycles. The van der Waals surface area contributed by atoms with Crippen LogP contribution >= 0.6 is 27.5 Å². The van der Waals surface area contributed by atoms with E-state index in [1.807, 2.05) is 12.1 Å². The number of hydrogen-bond donors (Lipinski definition) is 1. The molecule has 102 valence electrons. The SMILES string of the molecule is NC(c1cc2cc(F)ccc2o1)c1cc(Br)ccc1Cl. The van der Waals surface area contributed by atoms with Gasteiger partial charge in [0.05, 0.1) is 6.04 Å². The van der Waals surface area contributed by atoms with Gasteiger partial charge in [-0.1, -0.05) is 27.5 Å². The number of halogens is 3. The maximum atomic E-state index is 13.2. The van der Waals surface area contributed by atoms with Gasteiger partial charge in [-0.2, -0.15) is 0 Å². The summed E-state index contributed by atoms with van der Waals surface area (Å²) in [7, 11) is 0. The Bertz CT molecular complexity index is 787. The van der Waals surface area contributed by atoms with Crippen molar-refractivity contribution < 1.29 is 8.81 Å². The molecular formula is C15H10BrClFNO. The Labute approximate surface area is 128 Å². The Morgan fingerprint density at radius 2 is 1.95 bits per heavy atom. The van der Waals surface area contributed by atoms with E-state index in [0.29, 0.717) is 21.8 Å². The molecule has 0 radical (unpaired) electrons. The Balaban J connectivity index is 2.07. The van der Waals surface area contributed by atoms with Gasteiger partial charge < -0.3 is 10.2 Å². The predicted octanol–water partition coefficient (Wildman–Crippen LogP) is 5.04. The van der Waals surface area contributed by atoms with Crippen LogP contribution in [0.5, 0.6) is 0 Å². The summed E-state index contributed by atoms with van der Waals surface area (Å²) in [5.74, 6) is 0.240. The molecule has 5 heteroatoms. The highest BCUT2D eigenvalue weighted by Gasteiger charge is 2.17. The van der Waals surface area contributed by atoms with Crippen molar-refractivity contribution >= 4 is 38.5 Å². The summed E-state index contributed by atoms with van der Waals surface area (Å²) < 4.78 is 19.7. The number of fused-ring (bicyclic) bond motifs is 1. The fraction of sp³-hybridized carbons (Fsp3) is 0.0667. The van der Waals surface area contributed by atoms with E-state index < -0.39 is 6.04 Å².